The van der Waals surface area contributed by atoms with E-state index in [9.17, 15) is 14.9 Å². The van der Waals surface area contributed by atoms with Gasteiger partial charge in [0.15, 0.2) is 0 Å². The second-order valence-corrected chi connectivity index (χ2v) is 4.84. The highest BCUT2D eigenvalue weighted by Crippen LogP contribution is 2.22. The Balaban J connectivity index is 2.09. The lowest BCUT2D eigenvalue weighted by Crippen LogP contribution is -2.18. The van der Waals surface area contributed by atoms with E-state index in [2.05, 4.69) is 15.6 Å². The second kappa shape index (κ2) is 6.35. The fourth-order valence-corrected chi connectivity index (χ4v) is 1.93. The van der Waals surface area contributed by atoms with Crippen molar-refractivity contribution in [1.29, 1.82) is 0 Å². The molecule has 0 saturated heterocycles. The van der Waals surface area contributed by atoms with Crippen molar-refractivity contribution in [2.45, 2.75) is 6.92 Å². The third-order valence-electron chi connectivity index (χ3n) is 3.05. The fourth-order valence-electron chi connectivity index (χ4n) is 1.66. The molecule has 0 radical (unpaired) electrons. The van der Waals surface area contributed by atoms with Gasteiger partial charge in [-0.3, -0.25) is 19.6 Å². The number of rotatable bonds is 4. The first kappa shape index (κ1) is 15.6. The lowest BCUT2D eigenvalue weighted by Gasteiger charge is -2.02. The number of non-ortho nitro benzene ring substituents is 1. The number of aryl methyl sites for hydroxylation is 1. The minimum atomic E-state index is -0.586. The Labute approximate surface area is 130 Å². The summed E-state index contributed by atoms with van der Waals surface area (Å²) in [6.45, 7) is 1.86. The molecule has 0 aliphatic rings. The summed E-state index contributed by atoms with van der Waals surface area (Å²) in [6, 6.07) is 3.60. The summed E-state index contributed by atoms with van der Waals surface area (Å²) in [7, 11) is 1.79. The lowest BCUT2D eigenvalue weighted by atomic mass is 10.2. The van der Waals surface area contributed by atoms with Gasteiger partial charge in [0.05, 0.1) is 27.9 Å². The third-order valence-corrected chi connectivity index (χ3v) is 3.36. The van der Waals surface area contributed by atoms with Crippen LogP contribution in [0.1, 0.15) is 21.6 Å². The van der Waals surface area contributed by atoms with E-state index in [-0.39, 0.29) is 16.3 Å². The highest BCUT2D eigenvalue weighted by molar-refractivity contribution is 6.34. The molecule has 2 aromatic rings. The first-order chi connectivity index (χ1) is 10.4. The summed E-state index contributed by atoms with van der Waals surface area (Å²) in [4.78, 5) is 22.0. The number of nitro benzene ring substituents is 1. The van der Waals surface area contributed by atoms with Crippen molar-refractivity contribution in [2.24, 2.45) is 12.1 Å². The Morgan fingerprint density at radius 3 is 2.82 bits per heavy atom. The SMILES string of the molecule is Cc1c(/C=N\NC(=O)c2ccc([N+](=O)[O-])cc2Cl)cnn1C. The number of halogens is 1. The van der Waals surface area contributed by atoms with Crippen molar-refractivity contribution in [1.82, 2.24) is 15.2 Å². The quantitative estimate of drug-likeness (QED) is 0.529. The molecule has 0 saturated carbocycles. The molecule has 22 heavy (non-hydrogen) atoms. The predicted molar refractivity (Wildman–Crippen MR) is 81.1 cm³/mol. The topological polar surface area (TPSA) is 102 Å². The van der Waals surface area contributed by atoms with Gasteiger partial charge in [-0.15, -0.1) is 0 Å². The zero-order chi connectivity index (χ0) is 16.3. The van der Waals surface area contributed by atoms with Crippen molar-refractivity contribution < 1.29 is 9.72 Å². The van der Waals surface area contributed by atoms with Gasteiger partial charge >= 0.3 is 0 Å². The van der Waals surface area contributed by atoms with Gasteiger partial charge in [-0.2, -0.15) is 10.2 Å². The van der Waals surface area contributed by atoms with Gasteiger partial charge in [0, 0.05) is 30.4 Å². The molecule has 1 heterocycles. The van der Waals surface area contributed by atoms with Gasteiger partial charge in [0.25, 0.3) is 11.6 Å². The molecular formula is C13H12ClN5O3. The maximum absolute atomic E-state index is 11.9. The van der Waals surface area contributed by atoms with Crippen molar-refractivity contribution in [3.8, 4) is 0 Å². The molecule has 9 heteroatoms. The summed E-state index contributed by atoms with van der Waals surface area (Å²) in [5.74, 6) is -0.558. The number of aromatic nitrogens is 2. The van der Waals surface area contributed by atoms with Crippen LogP contribution >= 0.6 is 11.6 Å². The van der Waals surface area contributed by atoms with Crippen LogP contribution in [-0.4, -0.2) is 26.8 Å². The Morgan fingerprint density at radius 2 is 2.27 bits per heavy atom. The van der Waals surface area contributed by atoms with Gasteiger partial charge in [-0.1, -0.05) is 11.6 Å². The lowest BCUT2D eigenvalue weighted by molar-refractivity contribution is -0.384. The second-order valence-electron chi connectivity index (χ2n) is 4.43. The zero-order valence-corrected chi connectivity index (χ0v) is 12.5. The molecule has 0 bridgehead atoms. The van der Waals surface area contributed by atoms with E-state index in [1.807, 2.05) is 6.92 Å². The highest BCUT2D eigenvalue weighted by Gasteiger charge is 2.14. The maximum Gasteiger partial charge on any atom is 0.272 e. The van der Waals surface area contributed by atoms with Gasteiger partial charge < -0.3 is 0 Å². The van der Waals surface area contributed by atoms with Crippen LogP contribution in [0.15, 0.2) is 29.5 Å². The average molecular weight is 322 g/mol. The highest BCUT2D eigenvalue weighted by atomic mass is 35.5. The fraction of sp³-hybridized carbons (Fsp3) is 0.154. The average Bonchev–Trinajstić information content (AvgIpc) is 2.79. The van der Waals surface area contributed by atoms with Gasteiger partial charge in [0.1, 0.15) is 0 Å². The maximum atomic E-state index is 11.9. The first-order valence-electron chi connectivity index (χ1n) is 6.16. The molecule has 1 aromatic carbocycles. The van der Waals surface area contributed by atoms with E-state index in [1.54, 1.807) is 17.9 Å². The van der Waals surface area contributed by atoms with Crippen LogP contribution in [0.2, 0.25) is 5.02 Å². The van der Waals surface area contributed by atoms with Crippen molar-refractivity contribution in [3.05, 3.63) is 56.4 Å². The van der Waals surface area contributed by atoms with Crippen LogP contribution in [0.5, 0.6) is 0 Å². The molecule has 1 amide bonds. The summed E-state index contributed by atoms with van der Waals surface area (Å²) < 4.78 is 1.68. The summed E-state index contributed by atoms with van der Waals surface area (Å²) in [5, 5.41) is 18.5. The van der Waals surface area contributed by atoms with Crippen molar-refractivity contribution in [3.63, 3.8) is 0 Å². The number of hydrogen-bond donors (Lipinski definition) is 1. The van der Waals surface area contributed by atoms with Gasteiger partial charge in [-0.05, 0) is 13.0 Å². The number of hydrazone groups is 1. The predicted octanol–water partition coefficient (Wildman–Crippen LogP) is 2.05. The number of benzene rings is 1. The minimum absolute atomic E-state index is 0.0144. The van der Waals surface area contributed by atoms with E-state index in [1.165, 1.54) is 18.3 Å². The number of nitrogens with one attached hydrogen (secondary N) is 1. The molecule has 114 valence electrons. The van der Waals surface area contributed by atoms with Crippen LogP contribution in [0.3, 0.4) is 0 Å². The molecule has 8 nitrogen and oxygen atoms in total. The summed E-state index contributed by atoms with van der Waals surface area (Å²) >= 11 is 5.86. The number of carbonyl (C=O) groups is 1. The van der Waals surface area contributed by atoms with Crippen LogP contribution < -0.4 is 5.43 Å². The summed E-state index contributed by atoms with van der Waals surface area (Å²) in [5.41, 5.74) is 3.89. The molecule has 0 spiro atoms. The minimum Gasteiger partial charge on any atom is -0.272 e. The van der Waals surface area contributed by atoms with Gasteiger partial charge in [0.2, 0.25) is 0 Å². The number of nitro groups is 1. The monoisotopic (exact) mass is 321 g/mol. The van der Waals surface area contributed by atoms with Crippen LogP contribution in [0.4, 0.5) is 5.69 Å². The van der Waals surface area contributed by atoms with E-state index in [4.69, 9.17) is 11.6 Å². The molecule has 0 aliphatic heterocycles. The summed E-state index contributed by atoms with van der Waals surface area (Å²) in [6.07, 6.45) is 3.07. The van der Waals surface area contributed by atoms with Crippen molar-refractivity contribution in [2.75, 3.05) is 0 Å². The molecule has 1 aromatic heterocycles. The Bertz CT molecular complexity index is 769. The zero-order valence-electron chi connectivity index (χ0n) is 11.8. The third kappa shape index (κ3) is 3.29. The van der Waals surface area contributed by atoms with Crippen LogP contribution in [-0.2, 0) is 7.05 Å². The standard InChI is InChI=1S/C13H12ClN5O3/c1-8-9(7-16-18(8)2)6-15-17-13(20)11-4-3-10(19(21)22)5-12(11)14/h3-7H,1-2H3,(H,17,20)/b15-6-. The number of hydrogen-bond acceptors (Lipinski definition) is 5. The molecule has 0 fully saturated rings. The van der Waals surface area contributed by atoms with E-state index in [0.717, 1.165) is 17.3 Å². The van der Waals surface area contributed by atoms with E-state index < -0.39 is 10.8 Å². The molecule has 0 unspecified atom stereocenters. The normalized spacial score (nSPS) is 10.9. The molecule has 1 N–H and O–H groups in total. The number of nitrogens with zero attached hydrogens (tertiary/aromatic N) is 4. The first-order valence-corrected chi connectivity index (χ1v) is 6.54. The largest absolute Gasteiger partial charge is 0.272 e. The van der Waals surface area contributed by atoms with Crippen LogP contribution in [0.25, 0.3) is 0 Å². The van der Waals surface area contributed by atoms with Crippen molar-refractivity contribution >= 4 is 29.4 Å². The van der Waals surface area contributed by atoms with Gasteiger partial charge in [-0.25, -0.2) is 5.43 Å². The molecule has 0 aliphatic carbocycles. The number of carbonyl (C=O) groups excluding carboxylic acids is 1. The Hall–Kier alpha value is -2.74. The van der Waals surface area contributed by atoms with Crippen LogP contribution in [0, 0.1) is 17.0 Å². The molecular weight excluding hydrogens is 310 g/mol. The van der Waals surface area contributed by atoms with E-state index >= 15 is 0 Å². The molecule has 2 rings (SSSR count). The Morgan fingerprint density at radius 1 is 1.55 bits per heavy atom. The number of amides is 1. The smallest absolute Gasteiger partial charge is 0.272 e. The Kier molecular flexibility index (Phi) is 4.52. The molecule has 0 atom stereocenters. The van der Waals surface area contributed by atoms with E-state index in [0.29, 0.717) is 0 Å².